The topological polar surface area (TPSA) is 30.7 Å². The zero-order valence-electron chi connectivity index (χ0n) is 10.4. The third kappa shape index (κ3) is 2.62. The molecule has 0 aliphatic heterocycles. The first kappa shape index (κ1) is 12.8. The lowest BCUT2D eigenvalue weighted by Crippen LogP contribution is -2.00. The van der Waals surface area contributed by atoms with Crippen molar-refractivity contribution < 1.29 is 0 Å². The van der Waals surface area contributed by atoms with Crippen LogP contribution >= 0.6 is 11.6 Å². The average molecular weight is 262 g/mol. The zero-order chi connectivity index (χ0) is 13.0. The fourth-order valence-electron chi connectivity index (χ4n) is 1.86. The predicted octanol–water partition coefficient (Wildman–Crippen LogP) is 3.64. The van der Waals surface area contributed by atoms with Crippen molar-refractivity contribution in [3.05, 3.63) is 47.8 Å². The molecule has 0 aliphatic carbocycles. The molecule has 1 heterocycles. The second-order valence-corrected chi connectivity index (χ2v) is 4.57. The summed E-state index contributed by atoms with van der Waals surface area (Å²) in [6.07, 6.45) is 4.86. The fourth-order valence-corrected chi connectivity index (χ4v) is 2.08. The van der Waals surface area contributed by atoms with Crippen molar-refractivity contribution in [3.63, 3.8) is 0 Å². The lowest BCUT2D eigenvalue weighted by Gasteiger charge is -2.05. The summed E-state index contributed by atoms with van der Waals surface area (Å²) >= 11 is 6.17. The van der Waals surface area contributed by atoms with E-state index in [-0.39, 0.29) is 0 Å². The molecule has 0 saturated carbocycles. The molecule has 94 valence electrons. The molecule has 0 unspecified atom stereocenters. The summed E-state index contributed by atoms with van der Waals surface area (Å²) in [4.78, 5) is 0. The summed E-state index contributed by atoms with van der Waals surface area (Å²) in [5.74, 6) is 1.79. The van der Waals surface area contributed by atoms with E-state index in [0.29, 0.717) is 5.02 Å². The van der Waals surface area contributed by atoms with Crippen LogP contribution in [0.15, 0.2) is 36.9 Å². The van der Waals surface area contributed by atoms with Gasteiger partial charge in [-0.1, -0.05) is 29.8 Å². The molecule has 0 saturated heterocycles. The van der Waals surface area contributed by atoms with Crippen LogP contribution in [0.5, 0.6) is 0 Å². The first-order valence-electron chi connectivity index (χ1n) is 5.98. The number of aromatic nitrogens is 3. The van der Waals surface area contributed by atoms with Gasteiger partial charge in [-0.05, 0) is 25.0 Å². The summed E-state index contributed by atoms with van der Waals surface area (Å²) in [5.41, 5.74) is 0.920. The molecule has 1 aromatic carbocycles. The molecule has 3 nitrogen and oxygen atoms in total. The van der Waals surface area contributed by atoms with E-state index in [4.69, 9.17) is 11.6 Å². The molecule has 0 aliphatic rings. The average Bonchev–Trinajstić information content (AvgIpc) is 2.72. The van der Waals surface area contributed by atoms with Crippen molar-refractivity contribution in [1.29, 1.82) is 0 Å². The van der Waals surface area contributed by atoms with E-state index in [1.807, 2.05) is 42.0 Å². The number of nitrogens with zero attached hydrogens (tertiary/aromatic N) is 3. The Kier molecular flexibility index (Phi) is 4.15. The number of halogens is 1. The Bertz CT molecular complexity index is 546. The van der Waals surface area contributed by atoms with Gasteiger partial charge in [0.05, 0.1) is 5.02 Å². The van der Waals surface area contributed by atoms with Gasteiger partial charge < -0.3 is 4.57 Å². The third-order valence-electron chi connectivity index (χ3n) is 2.89. The van der Waals surface area contributed by atoms with Crippen LogP contribution in [0, 0.1) is 0 Å². The van der Waals surface area contributed by atoms with Crippen LogP contribution < -0.4 is 0 Å². The van der Waals surface area contributed by atoms with Gasteiger partial charge in [-0.3, -0.25) is 0 Å². The Morgan fingerprint density at radius 2 is 2.11 bits per heavy atom. The number of aryl methyl sites for hydroxylation is 1. The summed E-state index contributed by atoms with van der Waals surface area (Å²) in [6, 6.07) is 7.68. The first-order chi connectivity index (χ1) is 8.74. The molecule has 1 aromatic heterocycles. The van der Waals surface area contributed by atoms with Gasteiger partial charge in [-0.2, -0.15) is 0 Å². The molecule has 0 spiro atoms. The predicted molar refractivity (Wildman–Crippen MR) is 74.6 cm³/mol. The maximum atomic E-state index is 6.17. The Morgan fingerprint density at radius 1 is 1.33 bits per heavy atom. The molecule has 0 amide bonds. The van der Waals surface area contributed by atoms with E-state index in [1.54, 1.807) is 0 Å². The zero-order valence-corrected chi connectivity index (χ0v) is 11.2. The standard InChI is InChI=1S/C14H16ClN3/c1-3-4-5-10-13-16-17-14(18(13)2)11-8-6-7-9-12(11)15/h3,6-9H,1,4-5,10H2,2H3. The molecule has 0 radical (unpaired) electrons. The molecule has 18 heavy (non-hydrogen) atoms. The highest BCUT2D eigenvalue weighted by atomic mass is 35.5. The molecule has 0 atom stereocenters. The van der Waals surface area contributed by atoms with Crippen LogP contribution in [0.2, 0.25) is 5.02 Å². The largest absolute Gasteiger partial charge is 0.314 e. The Hall–Kier alpha value is -1.61. The van der Waals surface area contributed by atoms with Gasteiger partial charge in [0.25, 0.3) is 0 Å². The molecule has 4 heteroatoms. The van der Waals surface area contributed by atoms with Gasteiger partial charge in [0, 0.05) is 19.0 Å². The minimum Gasteiger partial charge on any atom is -0.314 e. The van der Waals surface area contributed by atoms with Crippen LogP contribution in [0.1, 0.15) is 18.7 Å². The summed E-state index contributed by atoms with van der Waals surface area (Å²) < 4.78 is 2.00. The van der Waals surface area contributed by atoms with Crippen LogP contribution in [0.4, 0.5) is 0 Å². The second-order valence-electron chi connectivity index (χ2n) is 4.16. The molecule has 0 fully saturated rings. The first-order valence-corrected chi connectivity index (χ1v) is 6.36. The van der Waals surface area contributed by atoms with E-state index in [9.17, 15) is 0 Å². The Morgan fingerprint density at radius 3 is 2.83 bits per heavy atom. The number of unbranched alkanes of at least 4 members (excludes halogenated alkanes) is 1. The van der Waals surface area contributed by atoms with Crippen LogP contribution in [0.3, 0.4) is 0 Å². The maximum absolute atomic E-state index is 6.17. The summed E-state index contributed by atoms with van der Waals surface area (Å²) in [5, 5.41) is 9.15. The van der Waals surface area contributed by atoms with Crippen molar-refractivity contribution in [2.24, 2.45) is 7.05 Å². The molecular weight excluding hydrogens is 246 g/mol. The lowest BCUT2D eigenvalue weighted by atomic mass is 10.2. The Labute approximate surface area is 112 Å². The maximum Gasteiger partial charge on any atom is 0.165 e. The van der Waals surface area contributed by atoms with Gasteiger partial charge in [0.15, 0.2) is 5.82 Å². The van der Waals surface area contributed by atoms with Crippen molar-refractivity contribution in [3.8, 4) is 11.4 Å². The molecule has 0 bridgehead atoms. The number of hydrogen-bond donors (Lipinski definition) is 0. The van der Waals surface area contributed by atoms with Crippen molar-refractivity contribution in [2.75, 3.05) is 0 Å². The summed E-state index contributed by atoms with van der Waals surface area (Å²) in [6.45, 7) is 3.72. The van der Waals surface area contributed by atoms with E-state index in [1.165, 1.54) is 0 Å². The molecule has 2 aromatic rings. The SMILES string of the molecule is C=CCCCc1nnc(-c2ccccc2Cl)n1C. The highest BCUT2D eigenvalue weighted by molar-refractivity contribution is 6.33. The van der Waals surface area contributed by atoms with Crippen molar-refractivity contribution >= 4 is 11.6 Å². The van der Waals surface area contributed by atoms with Crippen LogP contribution in [-0.4, -0.2) is 14.8 Å². The molecular formula is C14H16ClN3. The highest BCUT2D eigenvalue weighted by Gasteiger charge is 2.12. The summed E-state index contributed by atoms with van der Waals surface area (Å²) in [7, 11) is 1.97. The van der Waals surface area contributed by atoms with Crippen molar-refractivity contribution in [1.82, 2.24) is 14.8 Å². The lowest BCUT2D eigenvalue weighted by molar-refractivity contribution is 0.733. The molecule has 0 N–H and O–H groups in total. The highest BCUT2D eigenvalue weighted by Crippen LogP contribution is 2.26. The number of allylic oxidation sites excluding steroid dienone is 1. The minimum absolute atomic E-state index is 0.700. The smallest absolute Gasteiger partial charge is 0.165 e. The van der Waals surface area contributed by atoms with Gasteiger partial charge in [-0.25, -0.2) is 0 Å². The molecule has 2 rings (SSSR count). The van der Waals surface area contributed by atoms with E-state index < -0.39 is 0 Å². The van der Waals surface area contributed by atoms with Gasteiger partial charge in [0.1, 0.15) is 5.82 Å². The van der Waals surface area contributed by atoms with Gasteiger partial charge in [0.2, 0.25) is 0 Å². The normalized spacial score (nSPS) is 10.6. The van der Waals surface area contributed by atoms with E-state index >= 15 is 0 Å². The Balaban J connectivity index is 2.25. The third-order valence-corrected chi connectivity index (χ3v) is 3.22. The van der Waals surface area contributed by atoms with Crippen LogP contribution in [0.25, 0.3) is 11.4 Å². The van der Waals surface area contributed by atoms with E-state index in [2.05, 4.69) is 16.8 Å². The number of rotatable bonds is 5. The van der Waals surface area contributed by atoms with Gasteiger partial charge in [-0.15, -0.1) is 16.8 Å². The van der Waals surface area contributed by atoms with Crippen LogP contribution in [-0.2, 0) is 13.5 Å². The van der Waals surface area contributed by atoms with Gasteiger partial charge >= 0.3 is 0 Å². The van der Waals surface area contributed by atoms with Crippen molar-refractivity contribution in [2.45, 2.75) is 19.3 Å². The van der Waals surface area contributed by atoms with E-state index in [0.717, 1.165) is 36.5 Å². The quantitative estimate of drug-likeness (QED) is 0.608. The monoisotopic (exact) mass is 261 g/mol. The second kappa shape index (κ2) is 5.83. The fraction of sp³-hybridized carbons (Fsp3) is 0.286. The number of hydrogen-bond acceptors (Lipinski definition) is 2. The number of benzene rings is 1. The minimum atomic E-state index is 0.700.